The molecular weight excluding hydrogens is 238 g/mol. The molecule has 98 valence electrons. The molecule has 0 saturated carbocycles. The molecule has 1 fully saturated rings. The van der Waals surface area contributed by atoms with Crippen LogP contribution in [0.15, 0.2) is 30.5 Å². The largest absolute Gasteiger partial charge is 0.369 e. The van der Waals surface area contributed by atoms with E-state index in [4.69, 9.17) is 5.73 Å². The molecule has 1 aliphatic heterocycles. The molecule has 4 nitrogen and oxygen atoms in total. The summed E-state index contributed by atoms with van der Waals surface area (Å²) < 4.78 is 0. The molecular formula is C15H17N3O. The van der Waals surface area contributed by atoms with Gasteiger partial charge in [0.1, 0.15) is 5.82 Å². The number of primary amides is 1. The number of hydrogen-bond acceptors (Lipinski definition) is 3. The highest BCUT2D eigenvalue weighted by Crippen LogP contribution is 2.26. The van der Waals surface area contributed by atoms with Gasteiger partial charge in [-0.05, 0) is 30.4 Å². The van der Waals surface area contributed by atoms with Gasteiger partial charge < -0.3 is 10.6 Å². The number of carbonyl (C=O) groups is 1. The zero-order valence-corrected chi connectivity index (χ0v) is 11.0. The van der Waals surface area contributed by atoms with E-state index in [-0.39, 0.29) is 11.8 Å². The minimum atomic E-state index is -0.209. The predicted octanol–water partition coefficient (Wildman–Crippen LogP) is 1.85. The van der Waals surface area contributed by atoms with Crippen LogP contribution in [-0.4, -0.2) is 24.0 Å². The van der Waals surface area contributed by atoms with Crippen LogP contribution in [0, 0.1) is 12.8 Å². The van der Waals surface area contributed by atoms with Crippen LogP contribution < -0.4 is 10.6 Å². The predicted molar refractivity (Wildman–Crippen MR) is 76.0 cm³/mol. The van der Waals surface area contributed by atoms with Crippen molar-refractivity contribution in [3.8, 4) is 0 Å². The topological polar surface area (TPSA) is 59.2 Å². The number of carbonyl (C=O) groups excluding carboxylic acids is 1. The molecule has 19 heavy (non-hydrogen) atoms. The Hall–Kier alpha value is -2.10. The number of anilines is 1. The number of rotatable bonds is 2. The molecule has 1 aliphatic rings. The quantitative estimate of drug-likeness (QED) is 0.891. The van der Waals surface area contributed by atoms with E-state index in [9.17, 15) is 4.79 Å². The Morgan fingerprint density at radius 2 is 2.32 bits per heavy atom. The number of benzene rings is 1. The lowest BCUT2D eigenvalue weighted by Gasteiger charge is -2.17. The van der Waals surface area contributed by atoms with Crippen molar-refractivity contribution in [2.24, 2.45) is 11.7 Å². The van der Waals surface area contributed by atoms with Gasteiger partial charge in [-0.2, -0.15) is 0 Å². The fourth-order valence-electron chi connectivity index (χ4n) is 2.69. The molecule has 0 aliphatic carbocycles. The van der Waals surface area contributed by atoms with E-state index in [0.29, 0.717) is 6.54 Å². The van der Waals surface area contributed by atoms with Crippen LogP contribution in [0.2, 0.25) is 0 Å². The zero-order valence-electron chi connectivity index (χ0n) is 11.0. The third-order valence-electron chi connectivity index (χ3n) is 3.88. The van der Waals surface area contributed by atoms with Gasteiger partial charge in [-0.1, -0.05) is 18.2 Å². The molecule has 0 spiro atoms. The fourth-order valence-corrected chi connectivity index (χ4v) is 2.69. The Bertz CT molecular complexity index is 638. The Morgan fingerprint density at radius 3 is 3.05 bits per heavy atom. The standard InChI is InChI=1S/C15H17N3O/c1-10-3-2-4-11-7-14(17-8-13(10)11)18-6-5-12(9-18)15(16)19/h2-4,7-8,12H,5-6,9H2,1H3,(H2,16,19). The van der Waals surface area contributed by atoms with Crippen molar-refractivity contribution in [3.63, 3.8) is 0 Å². The summed E-state index contributed by atoms with van der Waals surface area (Å²) in [5, 5.41) is 2.37. The monoisotopic (exact) mass is 255 g/mol. The molecule has 2 N–H and O–H groups in total. The van der Waals surface area contributed by atoms with Crippen LogP contribution in [-0.2, 0) is 4.79 Å². The molecule has 4 heteroatoms. The van der Waals surface area contributed by atoms with E-state index in [0.717, 1.165) is 18.8 Å². The lowest BCUT2D eigenvalue weighted by molar-refractivity contribution is -0.121. The summed E-state index contributed by atoms with van der Waals surface area (Å²) in [5.74, 6) is 0.677. The van der Waals surface area contributed by atoms with Crippen LogP contribution in [0.25, 0.3) is 10.8 Å². The summed E-state index contributed by atoms with van der Waals surface area (Å²) in [7, 11) is 0. The zero-order chi connectivity index (χ0) is 13.4. The minimum absolute atomic E-state index is 0.0463. The lowest BCUT2D eigenvalue weighted by Crippen LogP contribution is -2.27. The maximum atomic E-state index is 11.2. The third kappa shape index (κ3) is 2.14. The minimum Gasteiger partial charge on any atom is -0.369 e. The Kier molecular flexibility index (Phi) is 2.85. The number of aryl methyl sites for hydroxylation is 1. The SMILES string of the molecule is Cc1cccc2cc(N3CCC(C(N)=O)C3)ncc12. The van der Waals surface area contributed by atoms with Gasteiger partial charge in [0.05, 0.1) is 5.92 Å². The second-order valence-electron chi connectivity index (χ2n) is 5.17. The highest BCUT2D eigenvalue weighted by Gasteiger charge is 2.27. The third-order valence-corrected chi connectivity index (χ3v) is 3.88. The Morgan fingerprint density at radius 1 is 1.47 bits per heavy atom. The molecule has 0 bridgehead atoms. The highest BCUT2D eigenvalue weighted by atomic mass is 16.1. The van der Waals surface area contributed by atoms with Gasteiger partial charge >= 0.3 is 0 Å². The number of amides is 1. The van der Waals surface area contributed by atoms with Crippen molar-refractivity contribution in [3.05, 3.63) is 36.0 Å². The van der Waals surface area contributed by atoms with Gasteiger partial charge in [-0.25, -0.2) is 4.98 Å². The van der Waals surface area contributed by atoms with E-state index in [1.54, 1.807) is 0 Å². The average molecular weight is 255 g/mol. The second kappa shape index (κ2) is 4.53. The molecule has 1 unspecified atom stereocenters. The smallest absolute Gasteiger partial charge is 0.222 e. The number of aromatic nitrogens is 1. The average Bonchev–Trinajstić information content (AvgIpc) is 2.88. The summed E-state index contributed by atoms with van der Waals surface area (Å²) in [4.78, 5) is 17.9. The summed E-state index contributed by atoms with van der Waals surface area (Å²) in [6.45, 7) is 3.61. The number of nitrogens with two attached hydrogens (primary N) is 1. The summed E-state index contributed by atoms with van der Waals surface area (Å²) >= 11 is 0. The van der Waals surface area contributed by atoms with Gasteiger partial charge in [0.2, 0.25) is 5.91 Å². The van der Waals surface area contributed by atoms with Crippen LogP contribution in [0.1, 0.15) is 12.0 Å². The van der Waals surface area contributed by atoms with E-state index in [1.807, 2.05) is 6.20 Å². The van der Waals surface area contributed by atoms with E-state index < -0.39 is 0 Å². The molecule has 1 amide bonds. The van der Waals surface area contributed by atoms with Crippen molar-refractivity contribution in [2.75, 3.05) is 18.0 Å². The molecule has 2 aromatic rings. The second-order valence-corrected chi connectivity index (χ2v) is 5.17. The van der Waals surface area contributed by atoms with Crippen LogP contribution in [0.4, 0.5) is 5.82 Å². The molecule has 1 aromatic heterocycles. The number of fused-ring (bicyclic) bond motifs is 1. The van der Waals surface area contributed by atoms with E-state index >= 15 is 0 Å². The molecule has 1 aromatic carbocycles. The lowest BCUT2D eigenvalue weighted by atomic mass is 10.1. The van der Waals surface area contributed by atoms with Crippen LogP contribution in [0.3, 0.4) is 0 Å². The van der Waals surface area contributed by atoms with Crippen molar-refractivity contribution in [1.82, 2.24) is 4.98 Å². The summed E-state index contributed by atoms with van der Waals surface area (Å²) in [6, 6.07) is 8.32. The first-order chi connectivity index (χ1) is 9.15. The number of pyridine rings is 1. The van der Waals surface area contributed by atoms with Crippen molar-refractivity contribution >= 4 is 22.5 Å². The molecule has 1 atom stereocenters. The molecule has 0 radical (unpaired) electrons. The highest BCUT2D eigenvalue weighted by molar-refractivity contribution is 5.87. The van der Waals surface area contributed by atoms with Gasteiger partial charge in [0.25, 0.3) is 0 Å². The fraction of sp³-hybridized carbons (Fsp3) is 0.333. The van der Waals surface area contributed by atoms with E-state index in [1.165, 1.54) is 16.3 Å². The van der Waals surface area contributed by atoms with Crippen molar-refractivity contribution in [2.45, 2.75) is 13.3 Å². The van der Waals surface area contributed by atoms with Crippen molar-refractivity contribution < 1.29 is 4.79 Å². The van der Waals surface area contributed by atoms with Gasteiger partial charge in [-0.3, -0.25) is 4.79 Å². The first kappa shape index (κ1) is 12.0. The van der Waals surface area contributed by atoms with Crippen LogP contribution in [0.5, 0.6) is 0 Å². The first-order valence-electron chi connectivity index (χ1n) is 6.55. The number of hydrogen-bond donors (Lipinski definition) is 1. The Labute approximate surface area is 112 Å². The van der Waals surface area contributed by atoms with Gasteiger partial charge in [-0.15, -0.1) is 0 Å². The normalized spacial score (nSPS) is 19.0. The van der Waals surface area contributed by atoms with Crippen molar-refractivity contribution in [1.29, 1.82) is 0 Å². The van der Waals surface area contributed by atoms with Crippen LogP contribution >= 0.6 is 0 Å². The van der Waals surface area contributed by atoms with E-state index in [2.05, 4.69) is 41.1 Å². The molecule has 1 saturated heterocycles. The van der Waals surface area contributed by atoms with Gasteiger partial charge in [0.15, 0.2) is 0 Å². The summed E-state index contributed by atoms with van der Waals surface area (Å²) in [6.07, 6.45) is 2.74. The van der Waals surface area contributed by atoms with Gasteiger partial charge in [0, 0.05) is 24.7 Å². The first-order valence-corrected chi connectivity index (χ1v) is 6.55. The maximum Gasteiger partial charge on any atom is 0.222 e. The molecule has 3 rings (SSSR count). The Balaban J connectivity index is 1.92. The summed E-state index contributed by atoms with van der Waals surface area (Å²) in [5.41, 5.74) is 6.59. The maximum absolute atomic E-state index is 11.2. The number of nitrogens with zero attached hydrogens (tertiary/aromatic N) is 2. The molecule has 2 heterocycles.